The highest BCUT2D eigenvalue weighted by Crippen LogP contribution is 2.41. The lowest BCUT2D eigenvalue weighted by Crippen LogP contribution is -2.68. The Bertz CT molecular complexity index is 2630. The standard InChI is InChI=1S/C47H55N7O7S4Si/c1-11-59-43(56)34-26-63-40(52-34)30-22-23-31(38(48)62)49-36(30)32-24-64-41(50-32)35(27(2)61-66(46(6,7)8,28-18-14-12-15-19-28)29-20-16-13-17-21-29)53-39(55)33-25-65-42(51-33)37(47(9,10)58)54-44(57)60-45(3,4)5/h12-27,35,37,58H,11H2,1-10H3,(H2,48,62)(H,53,55)(H,54,57)/t27-,35+,37+/m1/s1. The highest BCUT2D eigenvalue weighted by molar-refractivity contribution is 7.80. The number of thiazole rings is 3. The molecule has 4 heterocycles. The van der Waals surface area contributed by atoms with Gasteiger partial charge in [-0.25, -0.2) is 29.5 Å². The molecule has 3 atom stereocenters. The van der Waals surface area contributed by atoms with Crippen molar-refractivity contribution in [3.05, 3.63) is 116 Å². The first-order valence-corrected chi connectivity index (χ1v) is 26.1. The van der Waals surface area contributed by atoms with E-state index in [1.54, 1.807) is 64.4 Å². The number of nitrogens with one attached hydrogen (secondary N) is 2. The highest BCUT2D eigenvalue weighted by Gasteiger charge is 2.52. The number of thiocarbonyl (C=S) groups is 1. The van der Waals surface area contributed by atoms with Crippen molar-refractivity contribution in [2.75, 3.05) is 6.61 Å². The minimum absolute atomic E-state index is 0.0592. The molecule has 0 unspecified atom stereocenters. The quantitative estimate of drug-likeness (QED) is 0.0410. The maximum absolute atomic E-state index is 14.6. The van der Waals surface area contributed by atoms with Gasteiger partial charge in [0.1, 0.15) is 54.8 Å². The molecule has 0 aliphatic carbocycles. The third kappa shape index (κ3) is 11.4. The van der Waals surface area contributed by atoms with Gasteiger partial charge in [-0.15, -0.1) is 34.0 Å². The van der Waals surface area contributed by atoms with Gasteiger partial charge in [-0.1, -0.05) is 93.7 Å². The minimum atomic E-state index is -3.20. The number of carbonyl (C=O) groups excluding carboxylic acids is 3. The molecule has 19 heteroatoms. The monoisotopic (exact) mass is 985 g/mol. The maximum atomic E-state index is 14.6. The van der Waals surface area contributed by atoms with Gasteiger partial charge in [0.15, 0.2) is 5.69 Å². The number of nitrogens with zero attached hydrogens (tertiary/aromatic N) is 4. The molecule has 0 saturated carbocycles. The Morgan fingerprint density at radius 2 is 1.38 bits per heavy atom. The number of alkyl carbamates (subject to hydrolysis) is 1. The van der Waals surface area contributed by atoms with E-state index in [0.29, 0.717) is 37.7 Å². The van der Waals surface area contributed by atoms with E-state index in [0.717, 1.165) is 21.7 Å². The van der Waals surface area contributed by atoms with Gasteiger partial charge in [0, 0.05) is 21.7 Å². The molecule has 0 aliphatic rings. The van der Waals surface area contributed by atoms with Gasteiger partial charge in [-0.2, -0.15) is 0 Å². The van der Waals surface area contributed by atoms with Crippen molar-refractivity contribution in [3.63, 3.8) is 0 Å². The maximum Gasteiger partial charge on any atom is 0.408 e. The fraction of sp³-hybridized carbons (Fsp3) is 0.362. The first kappa shape index (κ1) is 50.1. The summed E-state index contributed by atoms with van der Waals surface area (Å²) in [5.74, 6) is -1.08. The Morgan fingerprint density at radius 1 is 0.773 bits per heavy atom. The number of amides is 2. The molecule has 348 valence electrons. The fourth-order valence-electron chi connectivity index (χ4n) is 7.32. The Balaban J connectivity index is 1.45. The molecule has 5 N–H and O–H groups in total. The molecule has 2 amide bonds. The van der Waals surface area contributed by atoms with Crippen molar-refractivity contribution in [2.24, 2.45) is 5.73 Å². The predicted molar refractivity (Wildman–Crippen MR) is 267 cm³/mol. The van der Waals surface area contributed by atoms with E-state index in [-0.39, 0.29) is 23.0 Å². The van der Waals surface area contributed by atoms with Crippen molar-refractivity contribution < 1.29 is 33.4 Å². The van der Waals surface area contributed by atoms with Crippen LogP contribution in [-0.4, -0.2) is 80.2 Å². The molecule has 0 bridgehead atoms. The second-order valence-corrected chi connectivity index (χ2v) is 25.4. The lowest BCUT2D eigenvalue weighted by molar-refractivity contribution is 0.0163. The van der Waals surface area contributed by atoms with E-state index in [4.69, 9.17) is 41.8 Å². The number of rotatable bonds is 16. The summed E-state index contributed by atoms with van der Waals surface area (Å²) < 4.78 is 18.3. The first-order valence-electron chi connectivity index (χ1n) is 21.2. The topological polar surface area (TPSA) is 201 Å². The van der Waals surface area contributed by atoms with Gasteiger partial charge in [0.2, 0.25) is 0 Å². The van der Waals surface area contributed by atoms with Crippen LogP contribution in [0.3, 0.4) is 0 Å². The number of ether oxygens (including phenoxy) is 2. The number of aromatic nitrogens is 4. The largest absolute Gasteiger partial charge is 0.461 e. The van der Waals surface area contributed by atoms with Gasteiger partial charge in [-0.3, -0.25) is 4.79 Å². The fourth-order valence-corrected chi connectivity index (χ4v) is 14.9. The first-order chi connectivity index (χ1) is 31.0. The third-order valence-electron chi connectivity index (χ3n) is 10.3. The number of esters is 1. The zero-order valence-electron chi connectivity index (χ0n) is 38.5. The lowest BCUT2D eigenvalue weighted by atomic mass is 10.00. The van der Waals surface area contributed by atoms with Crippen LogP contribution in [0.5, 0.6) is 0 Å². The van der Waals surface area contributed by atoms with Crippen molar-refractivity contribution in [1.82, 2.24) is 30.6 Å². The van der Waals surface area contributed by atoms with Crippen LogP contribution >= 0.6 is 46.2 Å². The van der Waals surface area contributed by atoms with Crippen LogP contribution in [0.25, 0.3) is 22.0 Å². The molecule has 0 radical (unpaired) electrons. The molecular weight excluding hydrogens is 931 g/mol. The molecule has 0 aliphatic heterocycles. The summed E-state index contributed by atoms with van der Waals surface area (Å²) in [6.07, 6.45) is -1.44. The van der Waals surface area contributed by atoms with Crippen molar-refractivity contribution in [3.8, 4) is 22.0 Å². The number of nitrogens with two attached hydrogens (primary N) is 1. The summed E-state index contributed by atoms with van der Waals surface area (Å²) in [6.45, 7) is 18.7. The van der Waals surface area contributed by atoms with E-state index in [2.05, 4.69) is 65.6 Å². The highest BCUT2D eigenvalue weighted by atomic mass is 32.1. The van der Waals surface area contributed by atoms with Crippen LogP contribution in [0.2, 0.25) is 5.04 Å². The summed E-state index contributed by atoms with van der Waals surface area (Å²) in [6, 6.07) is 22.0. The Morgan fingerprint density at radius 3 is 1.94 bits per heavy atom. The Labute approximate surface area is 403 Å². The number of aliphatic hydroxyl groups is 1. The van der Waals surface area contributed by atoms with E-state index < -0.39 is 60.7 Å². The van der Waals surface area contributed by atoms with Gasteiger partial charge in [0.05, 0.1) is 24.0 Å². The molecular formula is C47H55N7O7S4Si. The van der Waals surface area contributed by atoms with E-state index in [1.165, 1.54) is 22.7 Å². The molecule has 66 heavy (non-hydrogen) atoms. The zero-order chi connectivity index (χ0) is 48.2. The second-order valence-electron chi connectivity index (χ2n) is 18.0. The molecule has 2 aromatic carbocycles. The average Bonchev–Trinajstić information content (AvgIpc) is 4.05. The smallest absolute Gasteiger partial charge is 0.408 e. The number of carbonyl (C=O) groups is 3. The molecule has 0 saturated heterocycles. The van der Waals surface area contributed by atoms with Crippen LogP contribution < -0.4 is 26.7 Å². The second kappa shape index (κ2) is 20.3. The van der Waals surface area contributed by atoms with Crippen LogP contribution in [0.1, 0.15) is 118 Å². The predicted octanol–water partition coefficient (Wildman–Crippen LogP) is 8.37. The van der Waals surface area contributed by atoms with Crippen molar-refractivity contribution in [2.45, 2.75) is 104 Å². The average molecular weight is 986 g/mol. The Hall–Kier alpha value is -5.28. The number of pyridine rings is 1. The van der Waals surface area contributed by atoms with E-state index in [9.17, 15) is 19.5 Å². The molecule has 6 rings (SSSR count). The molecule has 14 nitrogen and oxygen atoms in total. The van der Waals surface area contributed by atoms with E-state index in [1.807, 2.05) is 48.7 Å². The summed E-state index contributed by atoms with van der Waals surface area (Å²) >= 11 is 9.01. The number of hydrogen-bond acceptors (Lipinski definition) is 15. The van der Waals surface area contributed by atoms with Crippen LogP contribution in [-0.2, 0) is 13.9 Å². The third-order valence-corrected chi connectivity index (χ3v) is 18.4. The minimum Gasteiger partial charge on any atom is -0.461 e. The van der Waals surface area contributed by atoms with Crippen LogP contribution in [0.15, 0.2) is 88.9 Å². The van der Waals surface area contributed by atoms with Gasteiger partial charge < -0.3 is 35.4 Å². The molecule has 0 fully saturated rings. The lowest BCUT2D eigenvalue weighted by Gasteiger charge is -2.45. The summed E-state index contributed by atoms with van der Waals surface area (Å²) in [5.41, 5.74) is 5.85. The SMILES string of the molecule is CCOC(=O)c1csc(-c2ccc(C(N)=S)nc2-c2csc([C@@H](NC(=O)c3csc([C@H](NC(=O)OC(C)(C)C)C(C)(C)O)n3)[C@@H](C)O[Si](c3ccccc3)(c3ccccc3)C(C)(C)C)n2)n1. The van der Waals surface area contributed by atoms with Crippen molar-refractivity contribution in [1.29, 1.82) is 0 Å². The van der Waals surface area contributed by atoms with Crippen molar-refractivity contribution >= 4 is 87.9 Å². The van der Waals surface area contributed by atoms with E-state index >= 15 is 0 Å². The Kier molecular flexibility index (Phi) is 15.4. The summed E-state index contributed by atoms with van der Waals surface area (Å²) in [4.78, 5) is 59.4. The summed E-state index contributed by atoms with van der Waals surface area (Å²) in [7, 11) is -3.20. The number of hydrogen-bond donors (Lipinski definition) is 4. The van der Waals surface area contributed by atoms with Crippen LogP contribution in [0, 0.1) is 0 Å². The normalized spacial score (nSPS) is 13.6. The molecule has 0 spiro atoms. The van der Waals surface area contributed by atoms with Crippen LogP contribution in [0.4, 0.5) is 4.79 Å². The van der Waals surface area contributed by atoms with Gasteiger partial charge in [0.25, 0.3) is 14.2 Å². The zero-order valence-corrected chi connectivity index (χ0v) is 42.8. The summed E-state index contributed by atoms with van der Waals surface area (Å²) in [5, 5.41) is 25.1. The number of benzene rings is 2. The van der Waals surface area contributed by atoms with Gasteiger partial charge in [-0.05, 0) is 76.0 Å². The molecule has 6 aromatic rings. The van der Waals surface area contributed by atoms with Gasteiger partial charge >= 0.3 is 12.1 Å². The molecule has 4 aromatic heterocycles.